The summed E-state index contributed by atoms with van der Waals surface area (Å²) in [5, 5.41) is 0. The van der Waals surface area contributed by atoms with E-state index >= 15 is 0 Å². The summed E-state index contributed by atoms with van der Waals surface area (Å²) in [6, 6.07) is 7.83. The molecule has 5 heteroatoms. The molecule has 2 rings (SSSR count). The van der Waals surface area contributed by atoms with Crippen molar-refractivity contribution in [3.8, 4) is 5.75 Å². The third kappa shape index (κ3) is 3.42. The maximum absolute atomic E-state index is 12.6. The van der Waals surface area contributed by atoms with Crippen LogP contribution in [0, 0.1) is 0 Å². The van der Waals surface area contributed by atoms with Gasteiger partial charge in [0.15, 0.2) is 0 Å². The topological polar surface area (TPSA) is 64.8 Å². The van der Waals surface area contributed by atoms with Crippen molar-refractivity contribution in [2.75, 3.05) is 26.8 Å². The van der Waals surface area contributed by atoms with Crippen molar-refractivity contribution in [2.24, 2.45) is 5.73 Å². The third-order valence-corrected chi connectivity index (χ3v) is 4.22. The first-order valence-corrected chi connectivity index (χ1v) is 7.72. The lowest BCUT2D eigenvalue weighted by molar-refractivity contribution is -0.152. The van der Waals surface area contributed by atoms with E-state index in [1.165, 1.54) is 0 Å². The minimum atomic E-state index is -0.802. The number of carbonyl (C=O) groups is 1. The van der Waals surface area contributed by atoms with E-state index in [9.17, 15) is 4.79 Å². The van der Waals surface area contributed by atoms with E-state index in [4.69, 9.17) is 15.2 Å². The molecular weight excluding hydrogens is 280 g/mol. The number of carbonyl (C=O) groups excluding carboxylic acids is 1. The van der Waals surface area contributed by atoms with Crippen LogP contribution >= 0.6 is 0 Å². The van der Waals surface area contributed by atoms with Crippen molar-refractivity contribution in [2.45, 2.75) is 38.3 Å². The van der Waals surface area contributed by atoms with Gasteiger partial charge in [-0.15, -0.1) is 0 Å². The van der Waals surface area contributed by atoms with E-state index in [-0.39, 0.29) is 17.9 Å². The summed E-state index contributed by atoms with van der Waals surface area (Å²) < 4.78 is 10.7. The summed E-state index contributed by atoms with van der Waals surface area (Å²) in [5.41, 5.74) is 6.60. The number of amides is 1. The van der Waals surface area contributed by atoms with Crippen molar-refractivity contribution < 1.29 is 14.3 Å². The smallest absolute Gasteiger partial charge is 0.254 e. The fourth-order valence-electron chi connectivity index (χ4n) is 3.00. The Morgan fingerprint density at radius 3 is 2.50 bits per heavy atom. The molecule has 5 nitrogen and oxygen atoms in total. The minimum Gasteiger partial charge on any atom is -0.497 e. The van der Waals surface area contributed by atoms with Gasteiger partial charge in [-0.3, -0.25) is 4.79 Å². The van der Waals surface area contributed by atoms with Gasteiger partial charge >= 0.3 is 0 Å². The first kappa shape index (κ1) is 16.8. The Morgan fingerprint density at radius 1 is 1.32 bits per heavy atom. The third-order valence-electron chi connectivity index (χ3n) is 4.22. The van der Waals surface area contributed by atoms with Crippen LogP contribution in [0.15, 0.2) is 24.3 Å². The number of ether oxygens (including phenoxy) is 2. The average molecular weight is 306 g/mol. The molecule has 1 aromatic carbocycles. The highest BCUT2D eigenvalue weighted by atomic mass is 16.5. The van der Waals surface area contributed by atoms with E-state index < -0.39 is 5.60 Å². The summed E-state index contributed by atoms with van der Waals surface area (Å²) in [6.07, 6.45) is 0. The second-order valence-electron chi connectivity index (χ2n) is 6.20. The Bertz CT molecular complexity index is 513. The van der Waals surface area contributed by atoms with E-state index in [0.717, 1.165) is 11.3 Å². The van der Waals surface area contributed by atoms with Crippen molar-refractivity contribution in [3.63, 3.8) is 0 Å². The number of hydrogen-bond donors (Lipinski definition) is 1. The van der Waals surface area contributed by atoms with Crippen LogP contribution in [-0.2, 0) is 9.53 Å². The van der Waals surface area contributed by atoms with Crippen LogP contribution in [-0.4, -0.2) is 49.3 Å². The van der Waals surface area contributed by atoms with Crippen LogP contribution in [0.4, 0.5) is 0 Å². The zero-order valence-corrected chi connectivity index (χ0v) is 13.8. The van der Waals surface area contributed by atoms with Gasteiger partial charge in [0.2, 0.25) is 0 Å². The summed E-state index contributed by atoms with van der Waals surface area (Å²) in [5.74, 6) is 0.967. The molecular formula is C17H26N2O3. The number of likely N-dealkylation sites (tertiary alicyclic amines) is 1. The molecule has 1 aliphatic rings. The second-order valence-corrected chi connectivity index (χ2v) is 6.20. The Labute approximate surface area is 132 Å². The van der Waals surface area contributed by atoms with E-state index in [1.807, 2.05) is 49.9 Å². The van der Waals surface area contributed by atoms with Gasteiger partial charge in [-0.25, -0.2) is 0 Å². The first-order valence-electron chi connectivity index (χ1n) is 7.72. The van der Waals surface area contributed by atoms with Gasteiger partial charge in [0.05, 0.1) is 7.11 Å². The van der Waals surface area contributed by atoms with Crippen LogP contribution in [0.25, 0.3) is 0 Å². The molecule has 0 saturated carbocycles. The molecule has 0 aromatic heterocycles. The normalized spacial score (nSPS) is 22.0. The van der Waals surface area contributed by atoms with Gasteiger partial charge < -0.3 is 20.1 Å². The van der Waals surface area contributed by atoms with Crippen LogP contribution in [0.1, 0.15) is 32.3 Å². The second kappa shape index (κ2) is 6.67. The summed E-state index contributed by atoms with van der Waals surface area (Å²) >= 11 is 0. The zero-order valence-electron chi connectivity index (χ0n) is 13.8. The first-order chi connectivity index (χ1) is 10.4. The van der Waals surface area contributed by atoms with Crippen LogP contribution in [0.3, 0.4) is 0 Å². The minimum absolute atomic E-state index is 0.000752. The van der Waals surface area contributed by atoms with Gasteiger partial charge in [-0.1, -0.05) is 12.1 Å². The van der Waals surface area contributed by atoms with Crippen LogP contribution in [0.2, 0.25) is 0 Å². The van der Waals surface area contributed by atoms with Crippen molar-refractivity contribution in [1.82, 2.24) is 4.90 Å². The summed E-state index contributed by atoms with van der Waals surface area (Å²) in [4.78, 5) is 14.4. The van der Waals surface area contributed by atoms with Crippen molar-refractivity contribution in [3.05, 3.63) is 29.8 Å². The van der Waals surface area contributed by atoms with Crippen molar-refractivity contribution >= 4 is 5.91 Å². The maximum atomic E-state index is 12.6. The molecule has 22 heavy (non-hydrogen) atoms. The lowest BCUT2D eigenvalue weighted by Gasteiger charge is -2.29. The predicted octanol–water partition coefficient (Wildman–Crippen LogP) is 1.76. The molecule has 1 aromatic rings. The molecule has 0 unspecified atom stereocenters. The molecule has 0 aliphatic carbocycles. The fraction of sp³-hybridized carbons (Fsp3) is 0.588. The fourth-order valence-corrected chi connectivity index (χ4v) is 3.00. The van der Waals surface area contributed by atoms with Gasteiger partial charge in [0.25, 0.3) is 5.91 Å². The number of nitrogens with two attached hydrogens (primary N) is 1. The number of benzene rings is 1. The van der Waals surface area contributed by atoms with Gasteiger partial charge in [0.1, 0.15) is 11.4 Å². The lowest BCUT2D eigenvalue weighted by atomic mass is 9.95. The van der Waals surface area contributed by atoms with E-state index in [0.29, 0.717) is 19.7 Å². The molecule has 1 amide bonds. The molecule has 0 bridgehead atoms. The standard InChI is InChI=1S/C17H26N2O3/c1-5-22-17(2,3)16(20)19-10-14(15(18)11-19)12-6-8-13(21-4)9-7-12/h6-9,14-15H,5,10-11,18H2,1-4H3/t14-,15+/m0/s1. The van der Waals surface area contributed by atoms with Crippen LogP contribution < -0.4 is 10.5 Å². The van der Waals surface area contributed by atoms with Crippen LogP contribution in [0.5, 0.6) is 5.75 Å². The SMILES string of the molecule is CCOC(C)(C)C(=O)N1C[C@@H](N)[C@H](c2ccc(OC)cc2)C1. The molecule has 2 N–H and O–H groups in total. The summed E-state index contributed by atoms with van der Waals surface area (Å²) in [6.45, 7) is 7.22. The Hall–Kier alpha value is -1.59. The molecule has 0 radical (unpaired) electrons. The molecule has 2 atom stereocenters. The van der Waals surface area contributed by atoms with E-state index in [2.05, 4.69) is 0 Å². The molecule has 122 valence electrons. The lowest BCUT2D eigenvalue weighted by Crippen LogP contribution is -2.46. The highest BCUT2D eigenvalue weighted by Gasteiger charge is 2.40. The van der Waals surface area contributed by atoms with Gasteiger partial charge in [-0.2, -0.15) is 0 Å². The van der Waals surface area contributed by atoms with Gasteiger partial charge in [-0.05, 0) is 38.5 Å². The average Bonchev–Trinajstić information content (AvgIpc) is 2.88. The summed E-state index contributed by atoms with van der Waals surface area (Å²) in [7, 11) is 1.65. The Balaban J connectivity index is 2.09. The van der Waals surface area contributed by atoms with Crippen molar-refractivity contribution in [1.29, 1.82) is 0 Å². The van der Waals surface area contributed by atoms with Gasteiger partial charge in [0, 0.05) is 31.7 Å². The Morgan fingerprint density at radius 2 is 1.95 bits per heavy atom. The molecule has 1 heterocycles. The zero-order chi connectivity index (χ0) is 16.3. The predicted molar refractivity (Wildman–Crippen MR) is 86.0 cm³/mol. The number of rotatable bonds is 5. The highest BCUT2D eigenvalue weighted by molar-refractivity contribution is 5.85. The number of hydrogen-bond acceptors (Lipinski definition) is 4. The largest absolute Gasteiger partial charge is 0.497 e. The Kier molecular flexibility index (Phi) is 5.08. The molecule has 1 saturated heterocycles. The molecule has 0 spiro atoms. The monoisotopic (exact) mass is 306 g/mol. The van der Waals surface area contributed by atoms with E-state index in [1.54, 1.807) is 7.11 Å². The maximum Gasteiger partial charge on any atom is 0.254 e. The molecule has 1 fully saturated rings. The molecule has 1 aliphatic heterocycles. The number of methoxy groups -OCH3 is 1. The quantitative estimate of drug-likeness (QED) is 0.900. The highest BCUT2D eigenvalue weighted by Crippen LogP contribution is 2.29. The number of nitrogens with zero attached hydrogens (tertiary/aromatic N) is 1.